The molecule has 7 heterocycles. The van der Waals surface area contributed by atoms with Gasteiger partial charge >= 0.3 is 0 Å². The van der Waals surface area contributed by atoms with Crippen LogP contribution in [-0.2, 0) is 24.4 Å². The van der Waals surface area contributed by atoms with Crippen LogP contribution < -0.4 is 21.3 Å². The number of nitrogen functional groups attached to an aromatic ring is 1. The number of aryl methyl sites for hydroxylation is 1. The molecule has 338 valence electrons. The smallest absolute Gasteiger partial charge is 0.254 e. The van der Waals surface area contributed by atoms with Crippen LogP contribution in [0.4, 0.5) is 21.6 Å². The van der Waals surface area contributed by atoms with Gasteiger partial charge < -0.3 is 26.2 Å². The predicted octanol–water partition coefficient (Wildman–Crippen LogP) is 7.22. The second-order valence-corrected chi connectivity index (χ2v) is 18.2. The SMILES string of the molecule is C=C1CCC(Nc2ccc(N3CCN(Cc4cc5n(n4)CCN(C(=O)c4ccc(C6CCN(C(C)/C(C)=C/c7c(-c8ccc(N)nc8)ccnc7C)CC6)cc4)C5)C3)c(F)c2)C(=O)NC1. The van der Waals surface area contributed by atoms with Crippen LogP contribution >= 0.6 is 0 Å². The van der Waals surface area contributed by atoms with Crippen LogP contribution in [-0.4, -0.2) is 104 Å². The molecule has 4 aliphatic rings. The number of nitrogens with zero attached hydrogens (tertiary/aromatic N) is 8. The molecule has 2 atom stereocenters. The molecule has 0 radical (unpaired) electrons. The minimum Gasteiger partial charge on any atom is -0.384 e. The molecule has 0 saturated carbocycles. The van der Waals surface area contributed by atoms with Crippen LogP contribution in [0.2, 0.25) is 0 Å². The van der Waals surface area contributed by atoms with E-state index in [9.17, 15) is 9.59 Å². The van der Waals surface area contributed by atoms with Gasteiger partial charge in [0, 0.05) is 79.2 Å². The summed E-state index contributed by atoms with van der Waals surface area (Å²) in [4.78, 5) is 44.0. The molecule has 65 heavy (non-hydrogen) atoms. The fourth-order valence-corrected chi connectivity index (χ4v) is 9.78. The minimum atomic E-state index is -0.423. The van der Waals surface area contributed by atoms with Crippen molar-refractivity contribution in [3.63, 3.8) is 0 Å². The summed E-state index contributed by atoms with van der Waals surface area (Å²) in [5.41, 5.74) is 17.5. The summed E-state index contributed by atoms with van der Waals surface area (Å²) in [6.45, 7) is 17.5. The number of carbonyl (C=O) groups is 2. The van der Waals surface area contributed by atoms with E-state index >= 15 is 4.39 Å². The second kappa shape index (κ2) is 19.0. The standard InChI is InChI=1S/C51H60FN11O2/c1-33-5-12-47(50(64)56-28-33)57-41-11-13-48(46(52)27-41)62-22-21-59(32-62)30-42-26-43-31-61(23-24-63(43)58-42)51(65)39-8-6-37(7-9-39)38-16-19-60(20-17-38)36(4)34(2)25-45-35(3)54-18-15-44(45)40-10-14-49(53)55-29-40/h6-11,13-15,18,25-27,29,36,38,47,57H,1,5,12,16-17,19-24,28,30-32H2,2-4H3,(H2,53,55)(H,56,64)/b34-25+. The Morgan fingerprint density at radius 1 is 1.00 bits per heavy atom. The molecule has 5 aromatic rings. The van der Waals surface area contributed by atoms with Gasteiger partial charge in [-0.2, -0.15) is 5.10 Å². The highest BCUT2D eigenvalue weighted by Gasteiger charge is 2.29. The molecule has 3 fully saturated rings. The van der Waals surface area contributed by atoms with E-state index in [0.29, 0.717) is 81.0 Å². The third-order valence-electron chi connectivity index (χ3n) is 13.8. The number of piperidine rings is 1. The van der Waals surface area contributed by atoms with Gasteiger partial charge in [-0.05, 0) is 131 Å². The molecule has 14 heteroatoms. The van der Waals surface area contributed by atoms with Crippen LogP contribution in [0.5, 0.6) is 0 Å². The summed E-state index contributed by atoms with van der Waals surface area (Å²) in [6, 6.07) is 21.3. The number of likely N-dealkylation sites (tertiary alicyclic amines) is 1. The highest BCUT2D eigenvalue weighted by molar-refractivity contribution is 5.94. The molecular weight excluding hydrogens is 818 g/mol. The normalized spacial score (nSPS) is 19.5. The zero-order valence-corrected chi connectivity index (χ0v) is 37.8. The number of benzene rings is 2. The van der Waals surface area contributed by atoms with Crippen molar-refractivity contribution in [3.05, 3.63) is 136 Å². The van der Waals surface area contributed by atoms with Crippen molar-refractivity contribution >= 4 is 35.1 Å². The summed E-state index contributed by atoms with van der Waals surface area (Å²) >= 11 is 0. The Morgan fingerprint density at radius 3 is 2.58 bits per heavy atom. The van der Waals surface area contributed by atoms with Crippen molar-refractivity contribution in [2.45, 2.75) is 84.1 Å². The molecule has 2 amide bonds. The summed E-state index contributed by atoms with van der Waals surface area (Å²) in [6.07, 6.45) is 9.45. The van der Waals surface area contributed by atoms with Gasteiger partial charge in [-0.3, -0.25) is 29.1 Å². The number of pyridine rings is 2. The highest BCUT2D eigenvalue weighted by atomic mass is 19.1. The number of amides is 2. The summed E-state index contributed by atoms with van der Waals surface area (Å²) < 4.78 is 17.5. The molecule has 0 spiro atoms. The number of nitrogens with one attached hydrogen (secondary N) is 2. The predicted molar refractivity (Wildman–Crippen MR) is 255 cm³/mol. The summed E-state index contributed by atoms with van der Waals surface area (Å²) in [5.74, 6) is 0.583. The van der Waals surface area contributed by atoms with E-state index in [-0.39, 0.29) is 23.7 Å². The molecule has 0 aliphatic carbocycles. The zero-order chi connectivity index (χ0) is 45.2. The van der Waals surface area contributed by atoms with E-state index in [0.717, 1.165) is 78.2 Å². The molecule has 13 nitrogen and oxygen atoms in total. The number of rotatable bonds is 11. The Kier molecular flexibility index (Phi) is 12.8. The first kappa shape index (κ1) is 43.9. The van der Waals surface area contributed by atoms with Crippen molar-refractivity contribution in [1.82, 2.24) is 39.8 Å². The monoisotopic (exact) mass is 877 g/mol. The number of halogens is 1. The Hall–Kier alpha value is -6.38. The molecule has 9 rings (SSSR count). The lowest BCUT2D eigenvalue weighted by molar-refractivity contribution is -0.121. The maximum atomic E-state index is 15.4. The molecule has 2 unspecified atom stereocenters. The van der Waals surface area contributed by atoms with E-state index in [1.165, 1.54) is 17.2 Å². The average Bonchev–Trinajstić information content (AvgIpc) is 3.92. The van der Waals surface area contributed by atoms with E-state index in [4.69, 9.17) is 10.8 Å². The summed E-state index contributed by atoms with van der Waals surface area (Å²) in [5, 5.41) is 11.0. The van der Waals surface area contributed by atoms with Crippen LogP contribution in [0.3, 0.4) is 0 Å². The first-order valence-corrected chi connectivity index (χ1v) is 23.0. The quantitative estimate of drug-likeness (QED) is 0.117. The van der Waals surface area contributed by atoms with E-state index in [1.807, 2.05) is 63.3 Å². The first-order valence-electron chi connectivity index (χ1n) is 23.0. The van der Waals surface area contributed by atoms with Crippen LogP contribution in [0.15, 0.2) is 96.8 Å². The van der Waals surface area contributed by atoms with E-state index in [1.54, 1.807) is 6.07 Å². The Labute approximate surface area is 381 Å². The number of carbonyl (C=O) groups excluding carboxylic acids is 2. The Bertz CT molecular complexity index is 2580. The van der Waals surface area contributed by atoms with Crippen LogP contribution in [0.25, 0.3) is 17.2 Å². The molecule has 0 bridgehead atoms. The number of fused-ring (bicyclic) bond motifs is 1. The average molecular weight is 878 g/mol. The van der Waals surface area contributed by atoms with Gasteiger partial charge in [0.15, 0.2) is 0 Å². The molecule has 3 aromatic heterocycles. The van der Waals surface area contributed by atoms with Crippen molar-refractivity contribution in [1.29, 1.82) is 0 Å². The maximum absolute atomic E-state index is 15.4. The van der Waals surface area contributed by atoms with Crippen molar-refractivity contribution in [3.8, 4) is 11.1 Å². The van der Waals surface area contributed by atoms with Gasteiger partial charge in [-0.25, -0.2) is 9.37 Å². The fourth-order valence-electron chi connectivity index (χ4n) is 9.78. The first-order chi connectivity index (χ1) is 31.4. The number of hydrogen-bond acceptors (Lipinski definition) is 10. The Balaban J connectivity index is 0.752. The van der Waals surface area contributed by atoms with Gasteiger partial charge in [0.05, 0.1) is 36.8 Å². The lowest BCUT2D eigenvalue weighted by atomic mass is 9.88. The Morgan fingerprint density at radius 2 is 1.82 bits per heavy atom. The van der Waals surface area contributed by atoms with Gasteiger partial charge in [0.2, 0.25) is 5.91 Å². The maximum Gasteiger partial charge on any atom is 0.254 e. The van der Waals surface area contributed by atoms with Gasteiger partial charge in [0.1, 0.15) is 17.7 Å². The van der Waals surface area contributed by atoms with Crippen molar-refractivity contribution < 1.29 is 14.0 Å². The zero-order valence-electron chi connectivity index (χ0n) is 37.8. The molecular formula is C51H60FN11O2. The fraction of sp³-hybridized carbons (Fsp3) is 0.392. The van der Waals surface area contributed by atoms with Crippen LogP contribution in [0, 0.1) is 12.7 Å². The third-order valence-corrected chi connectivity index (χ3v) is 13.8. The second-order valence-electron chi connectivity index (χ2n) is 18.2. The summed E-state index contributed by atoms with van der Waals surface area (Å²) in [7, 11) is 0. The van der Waals surface area contributed by atoms with E-state index in [2.05, 4.69) is 82.0 Å². The molecule has 4 aliphatic heterocycles. The third kappa shape index (κ3) is 9.84. The van der Waals surface area contributed by atoms with Crippen molar-refractivity contribution in [2.75, 3.05) is 61.9 Å². The number of anilines is 3. The van der Waals surface area contributed by atoms with E-state index < -0.39 is 6.04 Å². The number of aromatic nitrogens is 4. The lowest BCUT2D eigenvalue weighted by Gasteiger charge is -2.37. The van der Waals surface area contributed by atoms with Crippen LogP contribution in [0.1, 0.15) is 84.0 Å². The molecule has 4 N–H and O–H groups in total. The highest BCUT2D eigenvalue weighted by Crippen LogP contribution is 2.33. The molecule has 2 aromatic carbocycles. The lowest BCUT2D eigenvalue weighted by Crippen LogP contribution is -2.40. The number of nitrogens with two attached hydrogens (primary N) is 1. The largest absolute Gasteiger partial charge is 0.384 e. The minimum absolute atomic E-state index is 0.0398. The van der Waals surface area contributed by atoms with Gasteiger partial charge in [-0.15, -0.1) is 0 Å². The van der Waals surface area contributed by atoms with Gasteiger partial charge in [-0.1, -0.05) is 35.9 Å². The topological polar surface area (TPSA) is 141 Å². The van der Waals surface area contributed by atoms with Crippen molar-refractivity contribution in [2.24, 2.45) is 0 Å². The molecule has 3 saturated heterocycles. The van der Waals surface area contributed by atoms with Gasteiger partial charge in [0.25, 0.3) is 5.91 Å². The number of hydrogen-bond donors (Lipinski definition) is 3.